The zero-order chi connectivity index (χ0) is 9.84. The molecule has 1 rings (SSSR count). The standard InChI is InChI=1S/C10H12Br2O/c1-2-7-5-8(11)6-10(12)9(7)3-4-13/h5-6,13H,2-4H2,1H3. The van der Waals surface area contributed by atoms with Gasteiger partial charge in [0.1, 0.15) is 0 Å². The molecule has 0 saturated carbocycles. The van der Waals surface area contributed by atoms with Crippen LogP contribution in [-0.4, -0.2) is 11.7 Å². The van der Waals surface area contributed by atoms with Crippen LogP contribution in [0.5, 0.6) is 0 Å². The molecule has 0 fully saturated rings. The molecular formula is C10H12Br2O. The maximum atomic E-state index is 8.90. The molecule has 1 aromatic carbocycles. The molecule has 3 heteroatoms. The summed E-state index contributed by atoms with van der Waals surface area (Å²) in [4.78, 5) is 0. The van der Waals surface area contributed by atoms with Gasteiger partial charge in [-0.1, -0.05) is 38.8 Å². The van der Waals surface area contributed by atoms with Crippen molar-refractivity contribution < 1.29 is 5.11 Å². The van der Waals surface area contributed by atoms with Gasteiger partial charge in [0.2, 0.25) is 0 Å². The van der Waals surface area contributed by atoms with Crippen LogP contribution in [0.15, 0.2) is 21.1 Å². The number of aliphatic hydroxyl groups is 1. The van der Waals surface area contributed by atoms with Gasteiger partial charge in [0.05, 0.1) is 0 Å². The van der Waals surface area contributed by atoms with E-state index in [0.717, 1.165) is 21.8 Å². The molecule has 0 heterocycles. The molecule has 0 radical (unpaired) electrons. The molecule has 0 saturated heterocycles. The first kappa shape index (κ1) is 11.2. The third-order valence-corrected chi connectivity index (χ3v) is 3.16. The molecule has 0 unspecified atom stereocenters. The van der Waals surface area contributed by atoms with E-state index in [1.807, 2.05) is 6.07 Å². The molecule has 72 valence electrons. The lowest BCUT2D eigenvalue weighted by Gasteiger charge is -2.09. The van der Waals surface area contributed by atoms with Crippen LogP contribution < -0.4 is 0 Å². The van der Waals surface area contributed by atoms with Gasteiger partial charge in [0, 0.05) is 15.6 Å². The summed E-state index contributed by atoms with van der Waals surface area (Å²) in [7, 11) is 0. The Morgan fingerprint density at radius 1 is 1.31 bits per heavy atom. The molecule has 0 aliphatic rings. The number of halogens is 2. The van der Waals surface area contributed by atoms with E-state index in [2.05, 4.69) is 44.8 Å². The third kappa shape index (κ3) is 2.79. The maximum absolute atomic E-state index is 8.90. The molecule has 0 spiro atoms. The predicted octanol–water partition coefficient (Wildman–Crippen LogP) is 3.31. The highest BCUT2D eigenvalue weighted by atomic mass is 79.9. The highest BCUT2D eigenvalue weighted by molar-refractivity contribution is 9.11. The SMILES string of the molecule is CCc1cc(Br)cc(Br)c1CCO. The Morgan fingerprint density at radius 3 is 2.54 bits per heavy atom. The molecule has 0 amide bonds. The van der Waals surface area contributed by atoms with Crippen LogP contribution in [0, 0.1) is 0 Å². The minimum Gasteiger partial charge on any atom is -0.396 e. The predicted molar refractivity (Wildman–Crippen MR) is 62.0 cm³/mol. The Hall–Kier alpha value is 0.140. The smallest absolute Gasteiger partial charge is 0.0471 e. The molecule has 1 aromatic rings. The number of benzene rings is 1. The van der Waals surface area contributed by atoms with Crippen LogP contribution in [0.3, 0.4) is 0 Å². The highest BCUT2D eigenvalue weighted by Gasteiger charge is 2.06. The van der Waals surface area contributed by atoms with Gasteiger partial charge in [-0.15, -0.1) is 0 Å². The van der Waals surface area contributed by atoms with Crippen LogP contribution in [0.25, 0.3) is 0 Å². The van der Waals surface area contributed by atoms with Crippen molar-refractivity contribution in [1.82, 2.24) is 0 Å². The molecule has 1 nitrogen and oxygen atoms in total. The molecule has 13 heavy (non-hydrogen) atoms. The van der Waals surface area contributed by atoms with Gasteiger partial charge >= 0.3 is 0 Å². The lowest BCUT2D eigenvalue weighted by molar-refractivity contribution is 0.299. The lowest BCUT2D eigenvalue weighted by Crippen LogP contribution is -1.98. The topological polar surface area (TPSA) is 20.2 Å². The number of rotatable bonds is 3. The fourth-order valence-electron chi connectivity index (χ4n) is 1.36. The highest BCUT2D eigenvalue weighted by Crippen LogP contribution is 2.26. The van der Waals surface area contributed by atoms with Crippen LogP contribution in [-0.2, 0) is 12.8 Å². The van der Waals surface area contributed by atoms with Crippen molar-refractivity contribution in [2.75, 3.05) is 6.61 Å². The summed E-state index contributed by atoms with van der Waals surface area (Å²) in [5, 5.41) is 8.90. The van der Waals surface area contributed by atoms with Crippen molar-refractivity contribution in [3.8, 4) is 0 Å². The number of aryl methyl sites for hydroxylation is 1. The lowest BCUT2D eigenvalue weighted by atomic mass is 10.0. The second-order valence-electron chi connectivity index (χ2n) is 2.85. The summed E-state index contributed by atoms with van der Waals surface area (Å²) >= 11 is 6.95. The van der Waals surface area contributed by atoms with E-state index < -0.39 is 0 Å². The zero-order valence-corrected chi connectivity index (χ0v) is 10.7. The van der Waals surface area contributed by atoms with Crippen molar-refractivity contribution in [3.05, 3.63) is 32.2 Å². The first-order chi connectivity index (χ1) is 6.19. The molecular weight excluding hydrogens is 296 g/mol. The van der Waals surface area contributed by atoms with E-state index in [0.29, 0.717) is 0 Å². The zero-order valence-electron chi connectivity index (χ0n) is 7.48. The van der Waals surface area contributed by atoms with Gasteiger partial charge in [0.25, 0.3) is 0 Å². The van der Waals surface area contributed by atoms with E-state index in [1.54, 1.807) is 0 Å². The van der Waals surface area contributed by atoms with Crippen molar-refractivity contribution >= 4 is 31.9 Å². The summed E-state index contributed by atoms with van der Waals surface area (Å²) in [6.45, 7) is 2.32. The van der Waals surface area contributed by atoms with Crippen molar-refractivity contribution in [2.45, 2.75) is 19.8 Å². The van der Waals surface area contributed by atoms with Crippen molar-refractivity contribution in [1.29, 1.82) is 0 Å². The summed E-state index contributed by atoms with van der Waals surface area (Å²) in [5.74, 6) is 0. The van der Waals surface area contributed by atoms with Crippen LogP contribution in [0.1, 0.15) is 18.1 Å². The second-order valence-corrected chi connectivity index (χ2v) is 4.62. The fourth-order valence-corrected chi connectivity index (χ4v) is 2.88. The van der Waals surface area contributed by atoms with E-state index in [1.165, 1.54) is 11.1 Å². The van der Waals surface area contributed by atoms with E-state index in [9.17, 15) is 0 Å². The molecule has 0 aliphatic heterocycles. The van der Waals surface area contributed by atoms with Crippen LogP contribution >= 0.6 is 31.9 Å². The minimum atomic E-state index is 0.202. The molecule has 0 atom stereocenters. The average molecular weight is 308 g/mol. The number of hydrogen-bond donors (Lipinski definition) is 1. The van der Waals surface area contributed by atoms with Gasteiger partial charge in [-0.25, -0.2) is 0 Å². The third-order valence-electron chi connectivity index (χ3n) is 2.00. The molecule has 1 N–H and O–H groups in total. The Morgan fingerprint density at radius 2 is 2.00 bits per heavy atom. The summed E-state index contributed by atoms with van der Waals surface area (Å²) in [6, 6.07) is 4.12. The maximum Gasteiger partial charge on any atom is 0.0471 e. The number of aliphatic hydroxyl groups excluding tert-OH is 1. The van der Waals surface area contributed by atoms with Crippen molar-refractivity contribution in [2.24, 2.45) is 0 Å². The van der Waals surface area contributed by atoms with E-state index >= 15 is 0 Å². The molecule has 0 aliphatic carbocycles. The van der Waals surface area contributed by atoms with Gasteiger partial charge < -0.3 is 5.11 Å². The van der Waals surface area contributed by atoms with E-state index in [-0.39, 0.29) is 6.61 Å². The average Bonchev–Trinajstić information content (AvgIpc) is 2.09. The Kier molecular flexibility index (Phi) is 4.42. The van der Waals surface area contributed by atoms with Crippen LogP contribution in [0.2, 0.25) is 0 Å². The quantitative estimate of drug-likeness (QED) is 0.908. The van der Waals surface area contributed by atoms with Gasteiger partial charge in [-0.3, -0.25) is 0 Å². The largest absolute Gasteiger partial charge is 0.396 e. The Bertz CT molecular complexity index is 297. The summed E-state index contributed by atoms with van der Waals surface area (Å²) in [6.07, 6.45) is 1.71. The summed E-state index contributed by atoms with van der Waals surface area (Å²) in [5.41, 5.74) is 2.50. The Balaban J connectivity index is 3.13. The van der Waals surface area contributed by atoms with Gasteiger partial charge in [-0.05, 0) is 36.1 Å². The van der Waals surface area contributed by atoms with Gasteiger partial charge in [0.15, 0.2) is 0 Å². The van der Waals surface area contributed by atoms with Crippen LogP contribution in [0.4, 0.5) is 0 Å². The van der Waals surface area contributed by atoms with Gasteiger partial charge in [-0.2, -0.15) is 0 Å². The summed E-state index contributed by atoms with van der Waals surface area (Å²) < 4.78 is 2.16. The minimum absolute atomic E-state index is 0.202. The Labute approximate surface area is 95.4 Å². The normalized spacial score (nSPS) is 10.5. The first-order valence-corrected chi connectivity index (χ1v) is 5.85. The first-order valence-electron chi connectivity index (χ1n) is 4.26. The second kappa shape index (κ2) is 5.13. The van der Waals surface area contributed by atoms with E-state index in [4.69, 9.17) is 5.11 Å². The van der Waals surface area contributed by atoms with Crippen molar-refractivity contribution in [3.63, 3.8) is 0 Å². The monoisotopic (exact) mass is 306 g/mol. The molecule has 0 aromatic heterocycles. The molecule has 0 bridgehead atoms. The number of hydrogen-bond acceptors (Lipinski definition) is 1. The fraction of sp³-hybridized carbons (Fsp3) is 0.400.